The summed E-state index contributed by atoms with van der Waals surface area (Å²) in [4.78, 5) is 14.0. The van der Waals surface area contributed by atoms with Crippen LogP contribution in [0.25, 0.3) is 0 Å². The van der Waals surface area contributed by atoms with Gasteiger partial charge in [-0.25, -0.2) is 0 Å². The van der Waals surface area contributed by atoms with Gasteiger partial charge in [0.1, 0.15) is 0 Å². The number of nitrogens with zero attached hydrogens (tertiary/aromatic N) is 1. The Bertz CT molecular complexity index is 753. The third-order valence-electron chi connectivity index (χ3n) is 8.21. The first-order chi connectivity index (χ1) is 15.3. The van der Waals surface area contributed by atoms with Crippen molar-refractivity contribution >= 4 is 5.97 Å². The zero-order valence-corrected chi connectivity index (χ0v) is 18.8. The van der Waals surface area contributed by atoms with Gasteiger partial charge in [-0.15, -0.1) is 0 Å². The van der Waals surface area contributed by atoms with E-state index in [1.54, 1.807) is 12.1 Å². The van der Waals surface area contributed by atoms with Crippen molar-refractivity contribution in [1.82, 2.24) is 4.90 Å². The van der Waals surface area contributed by atoms with Crippen LogP contribution in [0.2, 0.25) is 0 Å². The molecular weight excluding hydrogens is 415 g/mol. The van der Waals surface area contributed by atoms with Gasteiger partial charge in [-0.1, -0.05) is 31.4 Å². The minimum Gasteiger partial charge on any atom is -0.481 e. The van der Waals surface area contributed by atoms with Gasteiger partial charge in [0.2, 0.25) is 0 Å². The second-order valence-corrected chi connectivity index (χ2v) is 10.5. The third kappa shape index (κ3) is 5.86. The first kappa shape index (κ1) is 23.6. The van der Waals surface area contributed by atoms with Crippen LogP contribution in [-0.4, -0.2) is 35.1 Å². The molecule has 3 aliphatic rings. The van der Waals surface area contributed by atoms with E-state index in [1.807, 2.05) is 0 Å². The van der Waals surface area contributed by atoms with Crippen LogP contribution in [0.5, 0.6) is 0 Å². The molecule has 0 radical (unpaired) electrons. The predicted molar refractivity (Wildman–Crippen MR) is 118 cm³/mol. The summed E-state index contributed by atoms with van der Waals surface area (Å²) in [6.07, 6.45) is 7.39. The Morgan fingerprint density at radius 2 is 1.47 bits per heavy atom. The second-order valence-electron chi connectivity index (χ2n) is 10.5. The van der Waals surface area contributed by atoms with Crippen molar-refractivity contribution in [2.24, 2.45) is 17.8 Å². The van der Waals surface area contributed by atoms with E-state index in [0.717, 1.165) is 49.8 Å². The number of hydrogen-bond acceptors (Lipinski definition) is 2. The van der Waals surface area contributed by atoms with E-state index < -0.39 is 17.7 Å². The fourth-order valence-corrected chi connectivity index (χ4v) is 6.27. The molecular formula is C26H36F3NO2. The normalized spacial score (nSPS) is 27.6. The largest absolute Gasteiger partial charge is 0.481 e. The second kappa shape index (κ2) is 10.1. The number of hydrogen-bond donors (Lipinski definition) is 1. The molecule has 1 aromatic rings. The van der Waals surface area contributed by atoms with Crippen LogP contribution >= 0.6 is 0 Å². The van der Waals surface area contributed by atoms with Gasteiger partial charge in [-0.05, 0) is 86.3 Å². The highest BCUT2D eigenvalue weighted by atomic mass is 19.4. The van der Waals surface area contributed by atoms with Gasteiger partial charge in [-0.2, -0.15) is 13.2 Å². The zero-order chi connectivity index (χ0) is 22.7. The number of halogens is 3. The molecule has 0 amide bonds. The van der Waals surface area contributed by atoms with Gasteiger partial charge in [0.15, 0.2) is 0 Å². The molecule has 0 saturated heterocycles. The number of aliphatic carboxylic acids is 1. The van der Waals surface area contributed by atoms with Crippen molar-refractivity contribution in [2.75, 3.05) is 13.1 Å². The highest BCUT2D eigenvalue weighted by molar-refractivity contribution is 5.67. The summed E-state index contributed by atoms with van der Waals surface area (Å²) < 4.78 is 39.3. The first-order valence-electron chi connectivity index (χ1n) is 12.4. The highest BCUT2D eigenvalue weighted by Crippen LogP contribution is 2.43. The lowest BCUT2D eigenvalue weighted by molar-refractivity contribution is -0.139. The molecule has 0 bridgehead atoms. The van der Waals surface area contributed by atoms with Gasteiger partial charge in [0.05, 0.1) is 5.56 Å². The standard InChI is InChI=1S/C26H36F3NO2/c27-26(28,29)22-11-9-21(10-12-22)23-14-20(15-25(31)32)8-13-24(23)30(17-19-6-3-7-19)16-18-4-1-2-5-18/h9-12,18-20,23-24H,1-8,13-17H2,(H,31,32)/t20-,23+,24-/m1/s1. The van der Waals surface area contributed by atoms with Gasteiger partial charge in [-0.3, -0.25) is 9.69 Å². The van der Waals surface area contributed by atoms with Crippen molar-refractivity contribution in [2.45, 2.75) is 88.8 Å². The maximum Gasteiger partial charge on any atom is 0.416 e. The van der Waals surface area contributed by atoms with Gasteiger partial charge in [0.25, 0.3) is 0 Å². The zero-order valence-electron chi connectivity index (χ0n) is 18.8. The molecule has 3 aliphatic carbocycles. The number of carbonyl (C=O) groups is 1. The minimum absolute atomic E-state index is 0.0908. The average molecular weight is 452 g/mol. The number of carboxylic acid groups (broad SMARTS) is 1. The van der Waals surface area contributed by atoms with E-state index in [4.69, 9.17) is 0 Å². The Morgan fingerprint density at radius 3 is 1.97 bits per heavy atom. The van der Waals surface area contributed by atoms with E-state index in [0.29, 0.717) is 0 Å². The minimum atomic E-state index is -4.34. The summed E-state index contributed by atoms with van der Waals surface area (Å²) in [5.74, 6) is 0.864. The molecule has 0 spiro atoms. The maximum atomic E-state index is 13.1. The first-order valence-corrected chi connectivity index (χ1v) is 12.4. The van der Waals surface area contributed by atoms with Crippen LogP contribution in [-0.2, 0) is 11.0 Å². The smallest absolute Gasteiger partial charge is 0.416 e. The van der Waals surface area contributed by atoms with Crippen LogP contribution in [0.15, 0.2) is 24.3 Å². The molecule has 3 saturated carbocycles. The van der Waals surface area contributed by atoms with Crippen LogP contribution in [0.3, 0.4) is 0 Å². The van der Waals surface area contributed by atoms with Crippen molar-refractivity contribution in [3.63, 3.8) is 0 Å². The van der Waals surface area contributed by atoms with Gasteiger partial charge >= 0.3 is 12.1 Å². The molecule has 178 valence electrons. The van der Waals surface area contributed by atoms with E-state index >= 15 is 0 Å². The molecule has 1 aromatic carbocycles. The molecule has 32 heavy (non-hydrogen) atoms. The fourth-order valence-electron chi connectivity index (χ4n) is 6.27. The Kier molecular flexibility index (Phi) is 7.48. The lowest BCUT2D eigenvalue weighted by Crippen LogP contribution is -2.47. The fraction of sp³-hybridized carbons (Fsp3) is 0.731. The predicted octanol–water partition coefficient (Wildman–Crippen LogP) is 6.72. The summed E-state index contributed by atoms with van der Waals surface area (Å²) >= 11 is 0. The highest BCUT2D eigenvalue weighted by Gasteiger charge is 2.38. The van der Waals surface area contributed by atoms with Crippen molar-refractivity contribution in [3.8, 4) is 0 Å². The SMILES string of the molecule is O=C(O)C[C@@H]1CC[C@@H](N(CC2CCCC2)CC2CCC2)[C@H](c2ccc(C(F)(F)F)cc2)C1. The Morgan fingerprint density at radius 1 is 0.875 bits per heavy atom. The summed E-state index contributed by atoms with van der Waals surface area (Å²) in [6.45, 7) is 2.17. The van der Waals surface area contributed by atoms with Crippen LogP contribution in [0.1, 0.15) is 87.7 Å². The van der Waals surface area contributed by atoms with Gasteiger partial charge in [0, 0.05) is 25.6 Å². The van der Waals surface area contributed by atoms with Crippen LogP contribution in [0.4, 0.5) is 13.2 Å². The molecule has 0 heterocycles. The number of carboxylic acids is 1. The maximum absolute atomic E-state index is 13.1. The summed E-state index contributed by atoms with van der Waals surface area (Å²) in [5, 5.41) is 9.34. The topological polar surface area (TPSA) is 40.5 Å². The van der Waals surface area contributed by atoms with Crippen molar-refractivity contribution < 1.29 is 23.1 Å². The van der Waals surface area contributed by atoms with Crippen molar-refractivity contribution in [3.05, 3.63) is 35.4 Å². The molecule has 0 aromatic heterocycles. The van der Waals surface area contributed by atoms with Gasteiger partial charge < -0.3 is 5.11 Å². The van der Waals surface area contributed by atoms with E-state index in [9.17, 15) is 23.1 Å². The summed E-state index contributed by atoms with van der Waals surface area (Å²) in [7, 11) is 0. The Balaban J connectivity index is 1.57. The van der Waals surface area contributed by atoms with E-state index in [2.05, 4.69) is 4.90 Å². The van der Waals surface area contributed by atoms with Crippen LogP contribution < -0.4 is 0 Å². The molecule has 6 heteroatoms. The number of alkyl halides is 3. The lowest BCUT2D eigenvalue weighted by Gasteiger charge is -2.46. The molecule has 3 atom stereocenters. The van der Waals surface area contributed by atoms with E-state index in [1.165, 1.54) is 57.1 Å². The number of rotatable bonds is 8. The average Bonchev–Trinajstić information content (AvgIpc) is 3.22. The molecule has 3 nitrogen and oxygen atoms in total. The summed E-state index contributed by atoms with van der Waals surface area (Å²) in [6, 6.07) is 5.96. The quantitative estimate of drug-likeness (QED) is 0.477. The molecule has 4 rings (SSSR count). The molecule has 0 aliphatic heterocycles. The molecule has 0 unspecified atom stereocenters. The van der Waals surface area contributed by atoms with E-state index in [-0.39, 0.29) is 24.3 Å². The van der Waals surface area contributed by atoms with Crippen LogP contribution in [0, 0.1) is 17.8 Å². The monoisotopic (exact) mass is 451 g/mol. The van der Waals surface area contributed by atoms with Crippen molar-refractivity contribution in [1.29, 1.82) is 0 Å². The third-order valence-corrected chi connectivity index (χ3v) is 8.21. The Labute approximate surface area is 189 Å². The summed E-state index contributed by atoms with van der Waals surface area (Å²) in [5.41, 5.74) is 0.316. The number of benzene rings is 1. The Hall–Kier alpha value is -1.56. The lowest BCUT2D eigenvalue weighted by atomic mass is 9.72. The molecule has 3 fully saturated rings. The molecule has 1 N–H and O–H groups in total.